The topological polar surface area (TPSA) is 47.0 Å². The Hall–Kier alpha value is -0.900. The summed E-state index contributed by atoms with van der Waals surface area (Å²) in [7, 11) is -3.18. The summed E-state index contributed by atoms with van der Waals surface area (Å²) < 4.78 is 22.4. The fourth-order valence-corrected chi connectivity index (χ4v) is 1.67. The lowest BCUT2D eigenvalue weighted by Gasteiger charge is -2.01. The third-order valence-electron chi connectivity index (χ3n) is 1.81. The van der Waals surface area contributed by atoms with Crippen molar-refractivity contribution in [3.63, 3.8) is 0 Å². The largest absolute Gasteiger partial charge is 0.245 e. The molecule has 0 fully saturated rings. The highest BCUT2D eigenvalue weighted by atomic mass is 32.2. The van der Waals surface area contributed by atoms with Crippen LogP contribution in [0.2, 0.25) is 0 Å². The molecular weight excluding hydrogens is 198 g/mol. The average Bonchev–Trinajstić information content (AvgIpc) is 2.14. The Morgan fingerprint density at radius 1 is 1.50 bits per heavy atom. The van der Waals surface area contributed by atoms with E-state index in [1.54, 1.807) is 6.07 Å². The normalized spacial score (nSPS) is 11.6. The lowest BCUT2D eigenvalue weighted by Crippen LogP contribution is -2.00. The molecule has 4 heteroatoms. The van der Waals surface area contributed by atoms with Crippen LogP contribution in [0.25, 0.3) is 0 Å². The second-order valence-corrected chi connectivity index (χ2v) is 5.15. The standard InChI is InChI=1S/C10H14NO2S/c1-3-4-5-9-6-7-11-10(8-9)14(2,12)13/h5-8H,3-4H2,1-2H3. The van der Waals surface area contributed by atoms with E-state index in [2.05, 4.69) is 11.9 Å². The average molecular weight is 212 g/mol. The Morgan fingerprint density at radius 3 is 2.79 bits per heavy atom. The van der Waals surface area contributed by atoms with Crippen LogP contribution < -0.4 is 0 Å². The van der Waals surface area contributed by atoms with Gasteiger partial charge in [-0.3, -0.25) is 0 Å². The molecule has 0 saturated carbocycles. The van der Waals surface area contributed by atoms with Crippen molar-refractivity contribution in [1.82, 2.24) is 4.98 Å². The van der Waals surface area contributed by atoms with Gasteiger partial charge in [0.2, 0.25) is 0 Å². The van der Waals surface area contributed by atoms with Gasteiger partial charge in [0.25, 0.3) is 0 Å². The highest BCUT2D eigenvalue weighted by molar-refractivity contribution is 7.90. The van der Waals surface area contributed by atoms with E-state index in [1.165, 1.54) is 12.5 Å². The minimum atomic E-state index is -3.18. The molecule has 1 radical (unpaired) electrons. The van der Waals surface area contributed by atoms with Crippen molar-refractivity contribution in [2.75, 3.05) is 6.26 Å². The van der Waals surface area contributed by atoms with Crippen LogP contribution in [0.4, 0.5) is 0 Å². The van der Waals surface area contributed by atoms with Crippen LogP contribution in [0.3, 0.4) is 0 Å². The zero-order chi connectivity index (χ0) is 10.6. The predicted octanol–water partition coefficient (Wildman–Crippen LogP) is 1.84. The fraction of sp³-hybridized carbons (Fsp3) is 0.400. The predicted molar refractivity (Wildman–Crippen MR) is 55.7 cm³/mol. The van der Waals surface area contributed by atoms with E-state index in [0.29, 0.717) is 0 Å². The number of hydrogen-bond donors (Lipinski definition) is 0. The number of unbranched alkanes of at least 4 members (excludes halogenated alkanes) is 1. The molecule has 0 unspecified atom stereocenters. The molecule has 0 N–H and O–H groups in total. The summed E-state index contributed by atoms with van der Waals surface area (Å²) in [5.41, 5.74) is 0.919. The second kappa shape index (κ2) is 4.55. The van der Waals surface area contributed by atoms with Gasteiger partial charge in [-0.2, -0.15) is 0 Å². The van der Waals surface area contributed by atoms with E-state index in [9.17, 15) is 8.42 Å². The summed E-state index contributed by atoms with van der Waals surface area (Å²) >= 11 is 0. The van der Waals surface area contributed by atoms with Gasteiger partial charge in [-0.1, -0.05) is 13.3 Å². The Bertz CT molecular complexity index is 398. The van der Waals surface area contributed by atoms with Gasteiger partial charge in [0, 0.05) is 12.5 Å². The zero-order valence-electron chi connectivity index (χ0n) is 8.40. The molecule has 0 atom stereocenters. The molecule has 1 aromatic rings. The van der Waals surface area contributed by atoms with Gasteiger partial charge in [-0.25, -0.2) is 13.4 Å². The summed E-state index contributed by atoms with van der Waals surface area (Å²) in [4.78, 5) is 3.81. The third kappa shape index (κ3) is 3.10. The molecule has 0 spiro atoms. The number of hydrogen-bond acceptors (Lipinski definition) is 3. The quantitative estimate of drug-likeness (QED) is 0.765. The molecule has 0 aromatic carbocycles. The second-order valence-electron chi connectivity index (χ2n) is 3.19. The van der Waals surface area contributed by atoms with Crippen LogP contribution in [0.1, 0.15) is 25.3 Å². The van der Waals surface area contributed by atoms with Gasteiger partial charge in [-0.15, -0.1) is 0 Å². The van der Waals surface area contributed by atoms with Crippen LogP contribution in [-0.2, 0) is 9.84 Å². The summed E-state index contributed by atoms with van der Waals surface area (Å²) in [5.74, 6) is 0. The Morgan fingerprint density at radius 2 is 2.21 bits per heavy atom. The lowest BCUT2D eigenvalue weighted by atomic mass is 10.1. The molecule has 3 nitrogen and oxygen atoms in total. The SMILES string of the molecule is CCC[CH]c1ccnc(S(C)(=O)=O)c1. The van der Waals surface area contributed by atoms with Crippen molar-refractivity contribution in [1.29, 1.82) is 0 Å². The molecule has 14 heavy (non-hydrogen) atoms. The van der Waals surface area contributed by atoms with Crippen LogP contribution in [0.15, 0.2) is 23.4 Å². The first-order chi connectivity index (χ1) is 6.54. The van der Waals surface area contributed by atoms with Crippen molar-refractivity contribution in [3.05, 3.63) is 30.3 Å². The van der Waals surface area contributed by atoms with E-state index in [0.717, 1.165) is 18.4 Å². The fourth-order valence-electron chi connectivity index (χ4n) is 1.07. The molecule has 0 bridgehead atoms. The van der Waals surface area contributed by atoms with Crippen LogP contribution >= 0.6 is 0 Å². The maximum absolute atomic E-state index is 11.2. The highest BCUT2D eigenvalue weighted by Gasteiger charge is 2.08. The summed E-state index contributed by atoms with van der Waals surface area (Å²) in [5, 5.41) is 0.141. The van der Waals surface area contributed by atoms with Gasteiger partial charge in [0.05, 0.1) is 0 Å². The molecule has 1 aromatic heterocycles. The van der Waals surface area contributed by atoms with Gasteiger partial charge in [0.15, 0.2) is 14.9 Å². The Labute approximate surface area is 85.1 Å². The molecule has 1 rings (SSSR count). The van der Waals surface area contributed by atoms with Crippen LogP contribution in [0.5, 0.6) is 0 Å². The molecule has 0 aliphatic rings. The molecular formula is C10H14NO2S. The van der Waals surface area contributed by atoms with Gasteiger partial charge in [-0.05, 0) is 30.5 Å². The van der Waals surface area contributed by atoms with Crippen molar-refractivity contribution in [2.24, 2.45) is 0 Å². The van der Waals surface area contributed by atoms with Crippen molar-refractivity contribution < 1.29 is 8.42 Å². The van der Waals surface area contributed by atoms with E-state index < -0.39 is 9.84 Å². The smallest absolute Gasteiger partial charge is 0.192 e. The summed E-state index contributed by atoms with van der Waals surface area (Å²) in [6.07, 6.45) is 6.71. The van der Waals surface area contributed by atoms with E-state index in [4.69, 9.17) is 0 Å². The number of pyridine rings is 1. The van der Waals surface area contributed by atoms with E-state index in [-0.39, 0.29) is 5.03 Å². The Kier molecular flexibility index (Phi) is 3.63. The first-order valence-corrected chi connectivity index (χ1v) is 6.42. The lowest BCUT2D eigenvalue weighted by molar-refractivity contribution is 0.598. The minimum Gasteiger partial charge on any atom is -0.245 e. The number of sulfone groups is 1. The van der Waals surface area contributed by atoms with Gasteiger partial charge < -0.3 is 0 Å². The summed E-state index contributed by atoms with van der Waals surface area (Å²) in [6, 6.07) is 3.41. The van der Waals surface area contributed by atoms with E-state index in [1.807, 2.05) is 12.5 Å². The molecule has 0 aliphatic carbocycles. The van der Waals surface area contributed by atoms with Crippen molar-refractivity contribution >= 4 is 9.84 Å². The Balaban J connectivity index is 2.90. The molecule has 1 heterocycles. The molecule has 77 valence electrons. The van der Waals surface area contributed by atoms with Gasteiger partial charge in [0.1, 0.15) is 0 Å². The maximum Gasteiger partial charge on any atom is 0.192 e. The number of nitrogens with zero attached hydrogens (tertiary/aromatic N) is 1. The van der Waals surface area contributed by atoms with E-state index >= 15 is 0 Å². The molecule has 0 saturated heterocycles. The molecule has 0 aliphatic heterocycles. The van der Waals surface area contributed by atoms with Crippen LogP contribution in [-0.4, -0.2) is 19.7 Å². The molecule has 0 amide bonds. The zero-order valence-corrected chi connectivity index (χ0v) is 9.21. The number of aromatic nitrogens is 1. The van der Waals surface area contributed by atoms with Crippen LogP contribution in [0, 0.1) is 6.42 Å². The first-order valence-electron chi connectivity index (χ1n) is 4.53. The van der Waals surface area contributed by atoms with Crippen molar-refractivity contribution in [2.45, 2.75) is 24.8 Å². The van der Waals surface area contributed by atoms with Gasteiger partial charge >= 0.3 is 0 Å². The maximum atomic E-state index is 11.2. The first kappa shape index (κ1) is 11.2. The summed E-state index contributed by atoms with van der Waals surface area (Å²) in [6.45, 7) is 2.08. The third-order valence-corrected chi connectivity index (χ3v) is 2.79. The number of rotatable bonds is 4. The minimum absolute atomic E-state index is 0.141. The highest BCUT2D eigenvalue weighted by Crippen LogP contribution is 2.11. The monoisotopic (exact) mass is 212 g/mol. The van der Waals surface area contributed by atoms with Crippen molar-refractivity contribution in [3.8, 4) is 0 Å².